The number of anilines is 1. The molecule has 1 unspecified atom stereocenters. The van der Waals surface area contributed by atoms with Crippen molar-refractivity contribution in [3.8, 4) is 17.0 Å². The predicted molar refractivity (Wildman–Crippen MR) is 126 cm³/mol. The summed E-state index contributed by atoms with van der Waals surface area (Å²) in [5, 5.41) is 0. The van der Waals surface area contributed by atoms with Crippen LogP contribution in [0, 0.1) is 11.6 Å². The van der Waals surface area contributed by atoms with Crippen LogP contribution in [0.5, 0.6) is 5.75 Å². The minimum Gasteiger partial charge on any atom is -0.493 e. The van der Waals surface area contributed by atoms with E-state index in [2.05, 4.69) is 19.7 Å². The van der Waals surface area contributed by atoms with Crippen molar-refractivity contribution in [1.82, 2.24) is 15.0 Å². The quantitative estimate of drug-likeness (QED) is 0.329. The van der Waals surface area contributed by atoms with Crippen LogP contribution in [0.2, 0.25) is 0 Å². The molecular weight excluding hydrogens is 531 g/mol. The molecule has 0 saturated heterocycles. The molecule has 0 amide bonds. The number of hydrogen-bond acceptors (Lipinski definition) is 6. The fraction of sp³-hybridized carbons (Fsp3) is 0.160. The van der Waals surface area contributed by atoms with Crippen LogP contribution in [0.4, 0.5) is 27.9 Å². The smallest absolute Gasteiger partial charge is 0.416 e. The Kier molecular flexibility index (Phi) is 6.47. The van der Waals surface area contributed by atoms with E-state index in [1.807, 2.05) is 0 Å². The summed E-state index contributed by atoms with van der Waals surface area (Å²) in [6.45, 7) is 0.160. The summed E-state index contributed by atoms with van der Waals surface area (Å²) in [7, 11) is -4.17. The zero-order chi connectivity index (χ0) is 27.1. The van der Waals surface area contributed by atoms with E-state index >= 15 is 0 Å². The highest BCUT2D eigenvalue weighted by Crippen LogP contribution is 2.44. The van der Waals surface area contributed by atoms with Crippen LogP contribution in [-0.4, -0.2) is 30.0 Å². The van der Waals surface area contributed by atoms with Gasteiger partial charge in [-0.1, -0.05) is 12.1 Å². The molecule has 0 bridgehead atoms. The summed E-state index contributed by atoms with van der Waals surface area (Å²) in [5.74, 6) is -1.94. The van der Waals surface area contributed by atoms with Gasteiger partial charge in [-0.2, -0.15) is 13.2 Å². The van der Waals surface area contributed by atoms with Crippen LogP contribution < -0.4 is 9.46 Å². The van der Waals surface area contributed by atoms with Crippen LogP contribution in [0.1, 0.15) is 29.0 Å². The first-order chi connectivity index (χ1) is 18.0. The van der Waals surface area contributed by atoms with Gasteiger partial charge in [-0.25, -0.2) is 31.9 Å². The average molecular weight is 548 g/mol. The van der Waals surface area contributed by atoms with Gasteiger partial charge in [-0.3, -0.25) is 4.98 Å². The van der Waals surface area contributed by atoms with Crippen molar-refractivity contribution in [2.24, 2.45) is 0 Å². The minimum atomic E-state index is -4.61. The maximum Gasteiger partial charge on any atom is 0.416 e. The van der Waals surface area contributed by atoms with Gasteiger partial charge in [0.05, 0.1) is 41.4 Å². The third-order valence-corrected chi connectivity index (χ3v) is 7.27. The van der Waals surface area contributed by atoms with E-state index in [9.17, 15) is 30.4 Å². The van der Waals surface area contributed by atoms with Crippen molar-refractivity contribution in [1.29, 1.82) is 0 Å². The van der Waals surface area contributed by atoms with Crippen LogP contribution in [-0.2, 0) is 16.2 Å². The highest BCUT2D eigenvalue weighted by molar-refractivity contribution is 7.92. The van der Waals surface area contributed by atoms with Gasteiger partial charge in [0.25, 0.3) is 10.0 Å². The Hall–Kier alpha value is -4.13. The van der Waals surface area contributed by atoms with Crippen LogP contribution in [0.15, 0.2) is 72.0 Å². The summed E-state index contributed by atoms with van der Waals surface area (Å²) in [6, 6.07) is 9.80. The predicted octanol–water partition coefficient (Wildman–Crippen LogP) is 5.55. The number of nitrogens with one attached hydrogen (secondary N) is 1. The van der Waals surface area contributed by atoms with Gasteiger partial charge in [0, 0.05) is 23.1 Å². The second kappa shape index (κ2) is 9.63. The molecule has 0 saturated carbocycles. The van der Waals surface area contributed by atoms with E-state index in [4.69, 9.17) is 4.74 Å². The number of rotatable bonds is 5. The average Bonchev–Trinajstić information content (AvgIpc) is 2.89. The topological polar surface area (TPSA) is 94.1 Å². The Bertz CT molecular complexity index is 1600. The molecule has 1 aliphatic heterocycles. The number of halogens is 5. The molecule has 5 rings (SSSR count). The van der Waals surface area contributed by atoms with Gasteiger partial charge in [0.15, 0.2) is 5.82 Å². The number of ether oxygens (including phenoxy) is 1. The number of hydrogen-bond donors (Lipinski definition) is 1. The molecule has 0 radical (unpaired) electrons. The summed E-state index contributed by atoms with van der Waals surface area (Å²) < 4.78 is 101. The number of benzene rings is 2. The van der Waals surface area contributed by atoms with Gasteiger partial charge < -0.3 is 4.74 Å². The second-order valence-corrected chi connectivity index (χ2v) is 10.1. The van der Waals surface area contributed by atoms with Crippen molar-refractivity contribution in [2.45, 2.75) is 23.4 Å². The Morgan fingerprint density at radius 2 is 1.58 bits per heavy atom. The van der Waals surface area contributed by atoms with Gasteiger partial charge in [-0.15, -0.1) is 0 Å². The maximum absolute atomic E-state index is 13.5. The SMILES string of the molecule is O=S(=O)(Nc1ncc(F)cn1)c1ccc2c(c1)OCCC2c1ccc(C(F)(F)F)cc1-c1ccc(F)cn1. The number of sulfonamides is 1. The van der Waals surface area contributed by atoms with Crippen LogP contribution in [0.25, 0.3) is 11.3 Å². The van der Waals surface area contributed by atoms with Crippen molar-refractivity contribution >= 4 is 16.0 Å². The Morgan fingerprint density at radius 3 is 2.26 bits per heavy atom. The van der Waals surface area contributed by atoms with Crippen molar-refractivity contribution in [3.63, 3.8) is 0 Å². The number of fused-ring (bicyclic) bond motifs is 1. The molecule has 7 nitrogen and oxygen atoms in total. The lowest BCUT2D eigenvalue weighted by atomic mass is 9.83. The zero-order valence-corrected chi connectivity index (χ0v) is 20.0. The van der Waals surface area contributed by atoms with Gasteiger partial charge >= 0.3 is 6.18 Å². The lowest BCUT2D eigenvalue weighted by Crippen LogP contribution is -2.19. The Balaban J connectivity index is 1.54. The highest BCUT2D eigenvalue weighted by Gasteiger charge is 2.33. The van der Waals surface area contributed by atoms with Crippen molar-refractivity contribution in [2.75, 3.05) is 11.3 Å². The maximum atomic E-state index is 13.5. The molecule has 38 heavy (non-hydrogen) atoms. The van der Waals surface area contributed by atoms with Crippen molar-refractivity contribution < 1.29 is 35.1 Å². The molecule has 0 aliphatic carbocycles. The Morgan fingerprint density at radius 1 is 0.868 bits per heavy atom. The summed E-state index contributed by atoms with van der Waals surface area (Å²) in [4.78, 5) is 11.0. The molecule has 1 atom stereocenters. The molecule has 4 aromatic rings. The number of nitrogens with zero attached hydrogens (tertiary/aromatic N) is 3. The van der Waals surface area contributed by atoms with Gasteiger partial charge in [0.1, 0.15) is 11.6 Å². The van der Waals surface area contributed by atoms with Gasteiger partial charge in [-0.05, 0) is 42.3 Å². The van der Waals surface area contributed by atoms with E-state index in [0.29, 0.717) is 17.5 Å². The molecule has 1 aliphatic rings. The summed E-state index contributed by atoms with van der Waals surface area (Å²) in [6.07, 6.45) is -1.68. The monoisotopic (exact) mass is 548 g/mol. The molecular formula is C25H17F5N4O3S. The molecule has 2 aromatic carbocycles. The normalized spacial score (nSPS) is 15.4. The summed E-state index contributed by atoms with van der Waals surface area (Å²) in [5.41, 5.74) is 0.490. The zero-order valence-electron chi connectivity index (χ0n) is 19.2. The molecule has 2 aromatic heterocycles. The third kappa shape index (κ3) is 5.14. The highest BCUT2D eigenvalue weighted by atomic mass is 32.2. The first-order valence-electron chi connectivity index (χ1n) is 11.1. The van der Waals surface area contributed by atoms with Crippen molar-refractivity contribution in [3.05, 3.63) is 95.4 Å². The van der Waals surface area contributed by atoms with E-state index in [-0.39, 0.29) is 34.5 Å². The standard InChI is InChI=1S/C25H17F5N4O3S/c26-15-2-6-22(31-11-15)21-9-14(25(28,29)30)1-4-18(21)19-7-8-37-23-10-17(3-5-20(19)23)38(35,36)34-24-32-12-16(27)13-33-24/h1-6,9-13,19H,7-8H2,(H,32,33,34). The van der Waals surface area contributed by atoms with E-state index in [1.165, 1.54) is 30.3 Å². The lowest BCUT2D eigenvalue weighted by molar-refractivity contribution is -0.137. The number of alkyl halides is 3. The molecule has 1 N–H and O–H groups in total. The first-order valence-corrected chi connectivity index (χ1v) is 12.6. The molecule has 13 heteroatoms. The molecule has 3 heterocycles. The third-order valence-electron chi connectivity index (χ3n) is 5.94. The fourth-order valence-electron chi connectivity index (χ4n) is 4.20. The van der Waals surface area contributed by atoms with Crippen LogP contribution in [0.3, 0.4) is 0 Å². The molecule has 0 spiro atoms. The van der Waals surface area contributed by atoms with E-state index < -0.39 is 39.3 Å². The second-order valence-electron chi connectivity index (χ2n) is 8.38. The van der Waals surface area contributed by atoms with Crippen LogP contribution >= 0.6 is 0 Å². The molecule has 196 valence electrons. The lowest BCUT2D eigenvalue weighted by Gasteiger charge is -2.28. The van der Waals surface area contributed by atoms with E-state index in [0.717, 1.165) is 36.8 Å². The Labute approximate surface area is 213 Å². The van der Waals surface area contributed by atoms with Gasteiger partial charge in [0.2, 0.25) is 5.95 Å². The number of pyridine rings is 1. The minimum absolute atomic E-state index is 0.156. The fourth-order valence-corrected chi connectivity index (χ4v) is 5.17. The summed E-state index contributed by atoms with van der Waals surface area (Å²) >= 11 is 0. The number of aromatic nitrogens is 3. The first kappa shape index (κ1) is 25.5. The van der Waals surface area contributed by atoms with E-state index in [1.54, 1.807) is 0 Å². The molecule has 0 fully saturated rings. The largest absolute Gasteiger partial charge is 0.493 e.